The molecule has 2 rings (SSSR count). The van der Waals surface area contributed by atoms with E-state index in [0.717, 1.165) is 6.07 Å². The number of halogens is 3. The minimum Gasteiger partial charge on any atom is -0.334 e. The summed E-state index contributed by atoms with van der Waals surface area (Å²) < 4.78 is 32.3. The minimum absolute atomic E-state index is 0.192. The van der Waals surface area contributed by atoms with Gasteiger partial charge in [0.25, 0.3) is 5.89 Å². The molecule has 6 heteroatoms. The maximum atomic E-state index is 13.8. The van der Waals surface area contributed by atoms with Crippen molar-refractivity contribution in [2.24, 2.45) is 0 Å². The van der Waals surface area contributed by atoms with E-state index in [2.05, 4.69) is 10.1 Å². The number of aryl methyl sites for hydroxylation is 1. The summed E-state index contributed by atoms with van der Waals surface area (Å²) >= 11 is 5.93. The van der Waals surface area contributed by atoms with Gasteiger partial charge in [0.2, 0.25) is 0 Å². The molecule has 0 saturated carbocycles. The number of nitrogens with zero attached hydrogens (tertiary/aromatic N) is 2. The van der Waals surface area contributed by atoms with Gasteiger partial charge in [0, 0.05) is 0 Å². The molecule has 0 fully saturated rings. The first-order valence-electron chi connectivity index (χ1n) is 5.47. The molecule has 1 aromatic heterocycles. The Morgan fingerprint density at radius 2 is 2.11 bits per heavy atom. The first-order chi connectivity index (χ1) is 8.54. The van der Waals surface area contributed by atoms with E-state index in [-0.39, 0.29) is 17.3 Å². The molecule has 0 bridgehead atoms. The van der Waals surface area contributed by atoms with Crippen LogP contribution in [-0.2, 0) is 0 Å². The zero-order valence-electron chi connectivity index (χ0n) is 9.88. The van der Waals surface area contributed by atoms with Crippen molar-refractivity contribution in [1.82, 2.24) is 10.1 Å². The zero-order chi connectivity index (χ0) is 13.3. The average molecular weight is 273 g/mol. The molecule has 0 aliphatic carbocycles. The number of alkyl halides is 1. The van der Waals surface area contributed by atoms with Crippen LogP contribution >= 0.6 is 11.6 Å². The Morgan fingerprint density at radius 1 is 1.39 bits per heavy atom. The van der Waals surface area contributed by atoms with Gasteiger partial charge in [0.05, 0.1) is 5.38 Å². The summed E-state index contributed by atoms with van der Waals surface area (Å²) in [7, 11) is 0. The molecule has 0 amide bonds. The Bertz CT molecular complexity index is 571. The number of hydrogen-bond acceptors (Lipinski definition) is 3. The molecule has 18 heavy (non-hydrogen) atoms. The highest BCUT2D eigenvalue weighted by molar-refractivity contribution is 6.20. The Labute approximate surface area is 108 Å². The topological polar surface area (TPSA) is 38.9 Å². The maximum Gasteiger partial charge on any atom is 0.263 e. The monoisotopic (exact) mass is 272 g/mol. The molecular formula is C12H11ClF2N2O. The fraction of sp³-hybridized carbons (Fsp3) is 0.333. The molecule has 0 aliphatic heterocycles. The Kier molecular flexibility index (Phi) is 3.61. The summed E-state index contributed by atoms with van der Waals surface area (Å²) in [5.41, 5.74) is -0.00205. The van der Waals surface area contributed by atoms with Gasteiger partial charge in [-0.2, -0.15) is 4.98 Å². The lowest BCUT2D eigenvalue weighted by Crippen LogP contribution is -1.95. The van der Waals surface area contributed by atoms with E-state index in [1.54, 1.807) is 0 Å². The lowest BCUT2D eigenvalue weighted by Gasteiger charge is -2.02. The number of aromatic nitrogens is 2. The van der Waals surface area contributed by atoms with Gasteiger partial charge < -0.3 is 4.52 Å². The van der Waals surface area contributed by atoms with Gasteiger partial charge in [-0.1, -0.05) is 18.1 Å². The van der Waals surface area contributed by atoms with E-state index in [1.807, 2.05) is 6.92 Å². The van der Waals surface area contributed by atoms with Gasteiger partial charge in [-0.25, -0.2) is 8.78 Å². The summed E-state index contributed by atoms with van der Waals surface area (Å²) in [5, 5.41) is 3.19. The lowest BCUT2D eigenvalue weighted by atomic mass is 10.1. The van der Waals surface area contributed by atoms with Crippen molar-refractivity contribution in [3.63, 3.8) is 0 Å². The van der Waals surface area contributed by atoms with Crippen molar-refractivity contribution in [2.45, 2.75) is 25.6 Å². The van der Waals surface area contributed by atoms with Crippen LogP contribution in [0.2, 0.25) is 0 Å². The van der Waals surface area contributed by atoms with E-state index in [0.29, 0.717) is 12.0 Å². The van der Waals surface area contributed by atoms with Crippen molar-refractivity contribution >= 4 is 11.6 Å². The van der Waals surface area contributed by atoms with E-state index in [1.165, 1.54) is 13.0 Å². The Balaban J connectivity index is 2.49. The third-order valence-electron chi connectivity index (χ3n) is 2.58. The Hall–Kier alpha value is -1.49. The molecule has 3 nitrogen and oxygen atoms in total. The van der Waals surface area contributed by atoms with Gasteiger partial charge in [-0.15, -0.1) is 11.6 Å². The molecule has 2 aromatic rings. The normalized spacial score (nSPS) is 12.7. The van der Waals surface area contributed by atoms with Crippen molar-refractivity contribution in [3.8, 4) is 11.5 Å². The average Bonchev–Trinajstić information content (AvgIpc) is 2.83. The largest absolute Gasteiger partial charge is 0.334 e. The van der Waals surface area contributed by atoms with Crippen LogP contribution in [0, 0.1) is 18.6 Å². The summed E-state index contributed by atoms with van der Waals surface area (Å²) in [4.78, 5) is 3.92. The SMILES string of the molecule is CCC(Cl)c1noc(-c2c(F)ccc(C)c2F)n1. The molecule has 1 unspecified atom stereocenters. The van der Waals surface area contributed by atoms with Crippen LogP contribution in [0.4, 0.5) is 8.78 Å². The van der Waals surface area contributed by atoms with Crippen LogP contribution in [0.5, 0.6) is 0 Å². The van der Waals surface area contributed by atoms with E-state index in [4.69, 9.17) is 16.1 Å². The highest BCUT2D eigenvalue weighted by Crippen LogP contribution is 2.29. The summed E-state index contributed by atoms with van der Waals surface area (Å²) in [6.07, 6.45) is 0.597. The molecule has 0 radical (unpaired) electrons. The molecule has 0 saturated heterocycles. The summed E-state index contributed by atoms with van der Waals surface area (Å²) in [6.45, 7) is 3.38. The van der Waals surface area contributed by atoms with Gasteiger partial charge in [-0.05, 0) is 25.0 Å². The fourth-order valence-corrected chi connectivity index (χ4v) is 1.59. The van der Waals surface area contributed by atoms with Crippen LogP contribution in [0.15, 0.2) is 16.7 Å². The van der Waals surface area contributed by atoms with Gasteiger partial charge in [-0.3, -0.25) is 0 Å². The molecular weight excluding hydrogens is 262 g/mol. The molecule has 1 aromatic carbocycles. The second-order valence-electron chi connectivity index (χ2n) is 3.89. The predicted octanol–water partition coefficient (Wildman–Crippen LogP) is 4.01. The molecule has 0 N–H and O–H groups in total. The van der Waals surface area contributed by atoms with Crippen LogP contribution in [0.1, 0.15) is 30.1 Å². The molecule has 1 atom stereocenters. The molecule has 96 valence electrons. The van der Waals surface area contributed by atoms with Crippen LogP contribution < -0.4 is 0 Å². The molecule has 0 spiro atoms. The van der Waals surface area contributed by atoms with Crippen molar-refractivity contribution in [3.05, 3.63) is 35.2 Å². The van der Waals surface area contributed by atoms with E-state index >= 15 is 0 Å². The standard InChI is InChI=1S/C12H11ClF2N2O/c1-3-7(13)11-16-12(18-17-11)9-8(14)5-4-6(2)10(9)15/h4-5,7H,3H2,1-2H3. The van der Waals surface area contributed by atoms with E-state index in [9.17, 15) is 8.78 Å². The maximum absolute atomic E-state index is 13.8. The Morgan fingerprint density at radius 3 is 2.78 bits per heavy atom. The van der Waals surface area contributed by atoms with Crippen LogP contribution in [0.3, 0.4) is 0 Å². The lowest BCUT2D eigenvalue weighted by molar-refractivity contribution is 0.416. The van der Waals surface area contributed by atoms with Crippen LogP contribution in [-0.4, -0.2) is 10.1 Å². The van der Waals surface area contributed by atoms with Crippen LogP contribution in [0.25, 0.3) is 11.5 Å². The summed E-state index contributed by atoms with van der Waals surface area (Å²) in [6, 6.07) is 2.51. The summed E-state index contributed by atoms with van der Waals surface area (Å²) in [5.74, 6) is -1.40. The first-order valence-corrected chi connectivity index (χ1v) is 5.90. The highest BCUT2D eigenvalue weighted by atomic mass is 35.5. The van der Waals surface area contributed by atoms with Crippen molar-refractivity contribution < 1.29 is 13.3 Å². The van der Waals surface area contributed by atoms with Gasteiger partial charge in [0.15, 0.2) is 5.82 Å². The second-order valence-corrected chi connectivity index (χ2v) is 4.41. The molecule has 0 aliphatic rings. The second kappa shape index (κ2) is 5.02. The van der Waals surface area contributed by atoms with Gasteiger partial charge >= 0.3 is 0 Å². The highest BCUT2D eigenvalue weighted by Gasteiger charge is 2.21. The zero-order valence-corrected chi connectivity index (χ0v) is 10.6. The fourth-order valence-electron chi connectivity index (χ4n) is 1.50. The first kappa shape index (κ1) is 13.0. The number of benzene rings is 1. The third kappa shape index (κ3) is 2.22. The molecule has 1 heterocycles. The minimum atomic E-state index is -0.740. The van der Waals surface area contributed by atoms with Crippen molar-refractivity contribution in [2.75, 3.05) is 0 Å². The quantitative estimate of drug-likeness (QED) is 0.793. The van der Waals surface area contributed by atoms with E-state index < -0.39 is 17.0 Å². The number of hydrogen-bond donors (Lipinski definition) is 0. The van der Waals surface area contributed by atoms with Gasteiger partial charge in [0.1, 0.15) is 17.2 Å². The van der Waals surface area contributed by atoms with Crippen molar-refractivity contribution in [1.29, 1.82) is 0 Å². The number of rotatable bonds is 3. The smallest absolute Gasteiger partial charge is 0.263 e. The predicted molar refractivity (Wildman–Crippen MR) is 63.3 cm³/mol. The third-order valence-corrected chi connectivity index (χ3v) is 3.08.